The lowest BCUT2D eigenvalue weighted by Gasteiger charge is -2.16. The van der Waals surface area contributed by atoms with Gasteiger partial charge in [-0.3, -0.25) is 9.59 Å². The van der Waals surface area contributed by atoms with E-state index in [1.54, 1.807) is 7.05 Å². The van der Waals surface area contributed by atoms with Gasteiger partial charge in [-0.05, 0) is 24.6 Å². The van der Waals surface area contributed by atoms with Crippen molar-refractivity contribution in [3.63, 3.8) is 0 Å². The Balaban J connectivity index is 2.18. The van der Waals surface area contributed by atoms with Gasteiger partial charge < -0.3 is 10.0 Å². The first kappa shape index (κ1) is 13.7. The van der Waals surface area contributed by atoms with E-state index in [0.29, 0.717) is 0 Å². The molecule has 1 aromatic carbocycles. The van der Waals surface area contributed by atoms with Crippen molar-refractivity contribution in [2.45, 2.75) is 13.5 Å². The van der Waals surface area contributed by atoms with Crippen molar-refractivity contribution in [3.05, 3.63) is 41.7 Å². The van der Waals surface area contributed by atoms with Crippen molar-refractivity contribution in [2.75, 3.05) is 11.9 Å². The molecule has 0 aliphatic rings. The van der Waals surface area contributed by atoms with Crippen LogP contribution < -0.4 is 4.90 Å². The number of carbonyl (C=O) groups excluding carboxylic acids is 1. The van der Waals surface area contributed by atoms with E-state index in [-0.39, 0.29) is 18.1 Å². The molecule has 0 atom stereocenters. The van der Waals surface area contributed by atoms with Crippen LogP contribution >= 0.6 is 0 Å². The van der Waals surface area contributed by atoms with Crippen LogP contribution in [0.15, 0.2) is 30.5 Å². The van der Waals surface area contributed by atoms with Gasteiger partial charge in [0, 0.05) is 12.7 Å². The Kier molecular flexibility index (Phi) is 3.79. The van der Waals surface area contributed by atoms with Gasteiger partial charge in [0.05, 0.1) is 6.20 Å². The molecular formula is C13H14N4O3. The minimum atomic E-state index is -1.04. The summed E-state index contributed by atoms with van der Waals surface area (Å²) in [6.07, 6.45) is 1.32. The summed E-state index contributed by atoms with van der Waals surface area (Å²) in [6.45, 7) is 1.61. The van der Waals surface area contributed by atoms with Crippen LogP contribution in [-0.4, -0.2) is 39.0 Å². The van der Waals surface area contributed by atoms with Gasteiger partial charge in [0.2, 0.25) is 0 Å². The third-order valence-corrected chi connectivity index (χ3v) is 2.75. The summed E-state index contributed by atoms with van der Waals surface area (Å²) in [5.41, 5.74) is 1.88. The summed E-state index contributed by atoms with van der Waals surface area (Å²) in [5, 5.41) is 16.0. The predicted octanol–water partition coefficient (Wildman–Crippen LogP) is 0.948. The first-order valence-electron chi connectivity index (χ1n) is 5.94. The van der Waals surface area contributed by atoms with E-state index in [1.807, 2.05) is 31.2 Å². The van der Waals surface area contributed by atoms with E-state index in [2.05, 4.69) is 10.3 Å². The number of carboxylic acids is 1. The molecule has 1 heterocycles. The van der Waals surface area contributed by atoms with Gasteiger partial charge >= 0.3 is 5.97 Å². The molecular weight excluding hydrogens is 260 g/mol. The fraction of sp³-hybridized carbons (Fsp3) is 0.231. The normalized spacial score (nSPS) is 10.3. The molecule has 0 spiro atoms. The summed E-state index contributed by atoms with van der Waals surface area (Å²) in [6, 6.07) is 7.48. The standard InChI is InChI=1S/C13H14N4O3/c1-9-4-3-5-10(6-9)16(2)13(20)11-7-17(15-14-11)8-12(18)19/h3-7H,8H2,1-2H3,(H,18,19). The number of carbonyl (C=O) groups is 2. The van der Waals surface area contributed by atoms with E-state index in [4.69, 9.17) is 5.11 Å². The van der Waals surface area contributed by atoms with Gasteiger partial charge in [-0.2, -0.15) is 0 Å². The summed E-state index contributed by atoms with van der Waals surface area (Å²) < 4.78 is 1.11. The highest BCUT2D eigenvalue weighted by atomic mass is 16.4. The highest BCUT2D eigenvalue weighted by Crippen LogP contribution is 2.16. The molecule has 1 N–H and O–H groups in total. The molecule has 7 nitrogen and oxygen atoms in total. The van der Waals surface area contributed by atoms with Crippen LogP contribution in [0.1, 0.15) is 16.1 Å². The van der Waals surface area contributed by atoms with Crippen molar-refractivity contribution in [1.29, 1.82) is 0 Å². The average Bonchev–Trinajstić information content (AvgIpc) is 2.84. The van der Waals surface area contributed by atoms with Crippen molar-refractivity contribution >= 4 is 17.6 Å². The zero-order valence-electron chi connectivity index (χ0n) is 11.1. The molecule has 2 rings (SSSR count). The van der Waals surface area contributed by atoms with Gasteiger partial charge in [-0.1, -0.05) is 17.3 Å². The number of aryl methyl sites for hydroxylation is 1. The number of aliphatic carboxylic acids is 1. The minimum absolute atomic E-state index is 0.107. The Bertz CT molecular complexity index is 651. The van der Waals surface area contributed by atoms with Crippen LogP contribution in [0.25, 0.3) is 0 Å². The molecule has 0 saturated heterocycles. The number of benzene rings is 1. The third kappa shape index (κ3) is 3.00. The lowest BCUT2D eigenvalue weighted by Crippen LogP contribution is -2.26. The van der Waals surface area contributed by atoms with Crippen LogP contribution in [0.4, 0.5) is 5.69 Å². The second-order valence-electron chi connectivity index (χ2n) is 4.40. The topological polar surface area (TPSA) is 88.3 Å². The van der Waals surface area contributed by atoms with Crippen molar-refractivity contribution in [3.8, 4) is 0 Å². The lowest BCUT2D eigenvalue weighted by atomic mass is 10.2. The van der Waals surface area contributed by atoms with Crippen LogP contribution in [0.5, 0.6) is 0 Å². The van der Waals surface area contributed by atoms with Gasteiger partial charge in [0.15, 0.2) is 5.69 Å². The number of rotatable bonds is 4. The maximum atomic E-state index is 12.2. The maximum Gasteiger partial charge on any atom is 0.325 e. The van der Waals surface area contributed by atoms with Gasteiger partial charge in [-0.15, -0.1) is 5.10 Å². The van der Waals surface area contributed by atoms with Gasteiger partial charge in [0.25, 0.3) is 5.91 Å². The monoisotopic (exact) mass is 274 g/mol. The van der Waals surface area contributed by atoms with Gasteiger partial charge in [0.1, 0.15) is 6.54 Å². The van der Waals surface area contributed by atoms with Crippen molar-refractivity contribution in [1.82, 2.24) is 15.0 Å². The first-order chi connectivity index (χ1) is 9.47. The molecule has 0 bridgehead atoms. The number of carboxylic acid groups (broad SMARTS) is 1. The molecule has 0 aliphatic carbocycles. The fourth-order valence-electron chi connectivity index (χ4n) is 1.74. The Morgan fingerprint density at radius 3 is 2.80 bits per heavy atom. The number of nitrogens with zero attached hydrogens (tertiary/aromatic N) is 4. The highest BCUT2D eigenvalue weighted by molar-refractivity contribution is 6.04. The number of hydrogen-bond acceptors (Lipinski definition) is 4. The van der Waals surface area contributed by atoms with E-state index >= 15 is 0 Å². The molecule has 104 valence electrons. The second kappa shape index (κ2) is 5.52. The van der Waals surface area contributed by atoms with Crippen LogP contribution in [0.3, 0.4) is 0 Å². The van der Waals surface area contributed by atoms with Gasteiger partial charge in [-0.25, -0.2) is 4.68 Å². The maximum absolute atomic E-state index is 12.2. The number of amides is 1. The largest absolute Gasteiger partial charge is 0.480 e. The van der Waals surface area contributed by atoms with E-state index < -0.39 is 5.97 Å². The van der Waals surface area contributed by atoms with Crippen molar-refractivity contribution < 1.29 is 14.7 Å². The molecule has 1 amide bonds. The van der Waals surface area contributed by atoms with Crippen LogP contribution in [0.2, 0.25) is 0 Å². The van der Waals surface area contributed by atoms with E-state index in [1.165, 1.54) is 11.1 Å². The summed E-state index contributed by atoms with van der Waals surface area (Å²) >= 11 is 0. The highest BCUT2D eigenvalue weighted by Gasteiger charge is 2.17. The first-order valence-corrected chi connectivity index (χ1v) is 5.94. The van der Waals surface area contributed by atoms with Crippen LogP contribution in [-0.2, 0) is 11.3 Å². The van der Waals surface area contributed by atoms with E-state index in [0.717, 1.165) is 15.9 Å². The molecule has 1 aromatic heterocycles. The second-order valence-corrected chi connectivity index (χ2v) is 4.40. The predicted molar refractivity (Wildman–Crippen MR) is 71.6 cm³/mol. The Morgan fingerprint density at radius 2 is 2.15 bits per heavy atom. The Hall–Kier alpha value is -2.70. The molecule has 0 fully saturated rings. The SMILES string of the molecule is Cc1cccc(N(C)C(=O)c2cn(CC(=O)O)nn2)c1. The summed E-state index contributed by atoms with van der Waals surface area (Å²) in [4.78, 5) is 24.2. The van der Waals surface area contributed by atoms with Crippen molar-refractivity contribution in [2.24, 2.45) is 0 Å². The quantitative estimate of drug-likeness (QED) is 0.896. The zero-order chi connectivity index (χ0) is 14.7. The lowest BCUT2D eigenvalue weighted by molar-refractivity contribution is -0.137. The number of anilines is 1. The molecule has 2 aromatic rings. The molecule has 0 unspecified atom stereocenters. The fourth-order valence-corrected chi connectivity index (χ4v) is 1.74. The molecule has 0 aliphatic heterocycles. The molecule has 7 heteroatoms. The molecule has 0 radical (unpaired) electrons. The Labute approximate surface area is 115 Å². The average molecular weight is 274 g/mol. The summed E-state index contributed by atoms with van der Waals surface area (Å²) in [7, 11) is 1.63. The summed E-state index contributed by atoms with van der Waals surface area (Å²) in [5.74, 6) is -1.38. The Morgan fingerprint density at radius 1 is 1.40 bits per heavy atom. The molecule has 0 saturated carbocycles. The van der Waals surface area contributed by atoms with E-state index in [9.17, 15) is 9.59 Å². The number of aromatic nitrogens is 3. The third-order valence-electron chi connectivity index (χ3n) is 2.75. The zero-order valence-corrected chi connectivity index (χ0v) is 11.1. The number of hydrogen-bond donors (Lipinski definition) is 1. The smallest absolute Gasteiger partial charge is 0.325 e. The minimum Gasteiger partial charge on any atom is -0.480 e. The van der Waals surface area contributed by atoms with Crippen LogP contribution in [0, 0.1) is 6.92 Å². The molecule has 20 heavy (non-hydrogen) atoms.